The fourth-order valence-corrected chi connectivity index (χ4v) is 4.43. The smallest absolute Gasteiger partial charge is 0.108 e. The van der Waals surface area contributed by atoms with E-state index >= 15 is 0 Å². The zero-order valence-corrected chi connectivity index (χ0v) is 15.3. The monoisotopic (exact) mass is 365 g/mol. The maximum atomic E-state index is 4.53. The Morgan fingerprint density at radius 3 is 3.00 bits per heavy atom. The van der Waals surface area contributed by atoms with Gasteiger partial charge in [0.25, 0.3) is 0 Å². The molecular formula is C18H19N7S. The molecule has 0 bridgehead atoms. The van der Waals surface area contributed by atoms with E-state index in [2.05, 4.69) is 37.4 Å². The SMILES string of the molecule is Cn1nccc1-c1ccc2c(C3CCCN3Cc3nccs3)nnn2c1. The molecule has 26 heavy (non-hydrogen) atoms. The van der Waals surface area contributed by atoms with E-state index in [9.17, 15) is 0 Å². The molecule has 1 atom stereocenters. The van der Waals surface area contributed by atoms with Crippen LogP contribution in [-0.4, -0.2) is 41.0 Å². The normalized spacial score (nSPS) is 18.1. The summed E-state index contributed by atoms with van der Waals surface area (Å²) in [6.45, 7) is 1.96. The van der Waals surface area contributed by atoms with Gasteiger partial charge in [0.05, 0.1) is 23.8 Å². The van der Waals surface area contributed by atoms with Crippen molar-refractivity contribution in [3.8, 4) is 11.3 Å². The first-order valence-corrected chi connectivity index (χ1v) is 9.63. The third-order valence-electron chi connectivity index (χ3n) is 5.06. The van der Waals surface area contributed by atoms with Crippen molar-refractivity contribution in [1.29, 1.82) is 0 Å². The van der Waals surface area contributed by atoms with Gasteiger partial charge in [-0.3, -0.25) is 9.58 Å². The summed E-state index contributed by atoms with van der Waals surface area (Å²) in [7, 11) is 1.95. The second kappa shape index (κ2) is 6.30. The predicted molar refractivity (Wildman–Crippen MR) is 99.7 cm³/mol. The summed E-state index contributed by atoms with van der Waals surface area (Å²) in [5.74, 6) is 0. The Balaban J connectivity index is 1.48. The third kappa shape index (κ3) is 2.62. The molecule has 0 amide bonds. The number of hydrogen-bond donors (Lipinski definition) is 0. The molecule has 1 fully saturated rings. The predicted octanol–water partition coefficient (Wildman–Crippen LogP) is 2.92. The molecule has 1 aliphatic heterocycles. The molecule has 0 radical (unpaired) electrons. The Morgan fingerprint density at radius 1 is 1.23 bits per heavy atom. The van der Waals surface area contributed by atoms with E-state index in [0.29, 0.717) is 6.04 Å². The highest BCUT2D eigenvalue weighted by Gasteiger charge is 2.30. The molecule has 0 aliphatic carbocycles. The van der Waals surface area contributed by atoms with E-state index < -0.39 is 0 Å². The van der Waals surface area contributed by atoms with Crippen molar-refractivity contribution >= 4 is 16.9 Å². The van der Waals surface area contributed by atoms with Crippen molar-refractivity contribution in [2.45, 2.75) is 25.4 Å². The summed E-state index contributed by atoms with van der Waals surface area (Å²) in [6, 6.07) is 6.56. The molecule has 1 aliphatic rings. The Bertz CT molecular complexity index is 1030. The van der Waals surface area contributed by atoms with E-state index in [4.69, 9.17) is 0 Å². The van der Waals surface area contributed by atoms with Gasteiger partial charge in [-0.1, -0.05) is 5.21 Å². The molecule has 132 valence electrons. The number of thiazole rings is 1. The summed E-state index contributed by atoms with van der Waals surface area (Å²) < 4.78 is 3.75. The minimum atomic E-state index is 0.305. The lowest BCUT2D eigenvalue weighted by Crippen LogP contribution is -2.23. The molecule has 0 aromatic carbocycles. The molecule has 0 spiro atoms. The zero-order valence-electron chi connectivity index (χ0n) is 14.5. The summed E-state index contributed by atoms with van der Waals surface area (Å²) in [5, 5.41) is 16.4. The number of likely N-dealkylation sites (tertiary alicyclic amines) is 1. The summed E-state index contributed by atoms with van der Waals surface area (Å²) in [6.07, 6.45) is 8.01. The van der Waals surface area contributed by atoms with Crippen molar-refractivity contribution < 1.29 is 0 Å². The van der Waals surface area contributed by atoms with Crippen molar-refractivity contribution in [2.24, 2.45) is 7.05 Å². The van der Waals surface area contributed by atoms with Gasteiger partial charge in [-0.05, 0) is 37.6 Å². The third-order valence-corrected chi connectivity index (χ3v) is 5.82. The van der Waals surface area contributed by atoms with E-state index in [1.54, 1.807) is 17.5 Å². The molecule has 4 aromatic rings. The second-order valence-corrected chi connectivity index (χ2v) is 7.60. The number of pyridine rings is 1. The molecule has 5 rings (SSSR count). The van der Waals surface area contributed by atoms with Crippen LogP contribution >= 0.6 is 11.3 Å². The fourth-order valence-electron chi connectivity index (χ4n) is 3.79. The first kappa shape index (κ1) is 15.7. The van der Waals surface area contributed by atoms with Gasteiger partial charge in [0.1, 0.15) is 10.7 Å². The quantitative estimate of drug-likeness (QED) is 0.556. The van der Waals surface area contributed by atoms with E-state index in [1.807, 2.05) is 40.1 Å². The lowest BCUT2D eigenvalue weighted by molar-refractivity contribution is 0.245. The van der Waals surface area contributed by atoms with E-state index in [1.165, 1.54) is 6.42 Å². The van der Waals surface area contributed by atoms with E-state index in [-0.39, 0.29) is 0 Å². The van der Waals surface area contributed by atoms with Crippen LogP contribution in [0.4, 0.5) is 0 Å². The standard InChI is InChI=1S/C18H19N7S/c1-23-14(6-7-20-23)13-4-5-16-18(21-22-25(16)11-13)15-3-2-9-24(15)12-17-19-8-10-26-17/h4-8,10-11,15H,2-3,9,12H2,1H3. The highest BCUT2D eigenvalue weighted by atomic mass is 32.1. The molecule has 1 unspecified atom stereocenters. The largest absolute Gasteiger partial charge is 0.288 e. The number of aryl methyl sites for hydroxylation is 1. The molecule has 5 heterocycles. The van der Waals surface area contributed by atoms with Gasteiger partial charge in [0.2, 0.25) is 0 Å². The van der Waals surface area contributed by atoms with Crippen molar-refractivity contribution in [3.05, 3.63) is 52.9 Å². The second-order valence-electron chi connectivity index (χ2n) is 6.62. The number of rotatable bonds is 4. The van der Waals surface area contributed by atoms with Gasteiger partial charge in [0, 0.05) is 36.6 Å². The minimum absolute atomic E-state index is 0.305. The molecule has 0 N–H and O–H groups in total. The van der Waals surface area contributed by atoms with Crippen molar-refractivity contribution in [2.75, 3.05) is 6.54 Å². The number of hydrogen-bond acceptors (Lipinski definition) is 6. The summed E-state index contributed by atoms with van der Waals surface area (Å²) in [5.41, 5.74) is 4.29. The first-order valence-electron chi connectivity index (χ1n) is 8.75. The van der Waals surface area contributed by atoms with Crippen molar-refractivity contribution in [1.82, 2.24) is 34.5 Å². The Hall–Kier alpha value is -2.58. The molecule has 7 nitrogen and oxygen atoms in total. The average molecular weight is 365 g/mol. The Labute approximate surface area is 154 Å². The van der Waals surface area contributed by atoms with Crippen LogP contribution in [0.25, 0.3) is 16.8 Å². The topological polar surface area (TPSA) is 64.1 Å². The summed E-state index contributed by atoms with van der Waals surface area (Å²) >= 11 is 1.71. The highest BCUT2D eigenvalue weighted by Crippen LogP contribution is 2.34. The van der Waals surface area contributed by atoms with Gasteiger partial charge in [-0.25, -0.2) is 9.50 Å². The molecule has 8 heteroatoms. The van der Waals surface area contributed by atoms with Crippen LogP contribution in [-0.2, 0) is 13.6 Å². The van der Waals surface area contributed by atoms with Crippen LogP contribution < -0.4 is 0 Å². The van der Waals surface area contributed by atoms with Crippen LogP contribution in [0.5, 0.6) is 0 Å². The summed E-state index contributed by atoms with van der Waals surface area (Å²) in [4.78, 5) is 6.90. The van der Waals surface area contributed by atoms with Crippen molar-refractivity contribution in [3.63, 3.8) is 0 Å². The van der Waals surface area contributed by atoms with E-state index in [0.717, 1.165) is 47.0 Å². The average Bonchev–Trinajstić information content (AvgIpc) is 3.41. The fraction of sp³-hybridized carbons (Fsp3) is 0.333. The minimum Gasteiger partial charge on any atom is -0.288 e. The van der Waals surface area contributed by atoms with Gasteiger partial charge in [-0.15, -0.1) is 16.4 Å². The zero-order chi connectivity index (χ0) is 17.5. The number of aromatic nitrogens is 6. The van der Waals surface area contributed by atoms with Crippen LogP contribution in [0.2, 0.25) is 0 Å². The molecule has 0 saturated carbocycles. The Kier molecular flexibility index (Phi) is 3.79. The number of fused-ring (bicyclic) bond motifs is 1. The van der Waals surface area contributed by atoms with Gasteiger partial charge in [-0.2, -0.15) is 5.10 Å². The van der Waals surface area contributed by atoms with Gasteiger partial charge in [0.15, 0.2) is 0 Å². The van der Waals surface area contributed by atoms with Crippen LogP contribution in [0, 0.1) is 0 Å². The Morgan fingerprint density at radius 2 is 2.19 bits per heavy atom. The van der Waals surface area contributed by atoms with Gasteiger partial charge < -0.3 is 0 Å². The number of nitrogens with zero attached hydrogens (tertiary/aromatic N) is 7. The highest BCUT2D eigenvalue weighted by molar-refractivity contribution is 7.09. The maximum Gasteiger partial charge on any atom is 0.108 e. The lowest BCUT2D eigenvalue weighted by Gasteiger charge is -2.21. The molecule has 4 aromatic heterocycles. The van der Waals surface area contributed by atoms with Crippen LogP contribution in [0.15, 0.2) is 42.2 Å². The molecular weight excluding hydrogens is 346 g/mol. The lowest BCUT2D eigenvalue weighted by atomic mass is 10.1. The van der Waals surface area contributed by atoms with Gasteiger partial charge >= 0.3 is 0 Å². The first-order chi connectivity index (χ1) is 12.8. The maximum absolute atomic E-state index is 4.53. The van der Waals surface area contributed by atoms with Crippen LogP contribution in [0.1, 0.15) is 29.6 Å². The van der Waals surface area contributed by atoms with Crippen LogP contribution in [0.3, 0.4) is 0 Å². The molecule has 1 saturated heterocycles.